The summed E-state index contributed by atoms with van der Waals surface area (Å²) >= 11 is 5.48. The van der Waals surface area contributed by atoms with Crippen molar-refractivity contribution in [2.75, 3.05) is 0 Å². The molecule has 0 saturated carbocycles. The molecule has 0 radical (unpaired) electrons. The number of hydrogen-bond donors (Lipinski definition) is 0. The van der Waals surface area contributed by atoms with Crippen LogP contribution in [-0.2, 0) is 5.88 Å². The lowest BCUT2D eigenvalue weighted by atomic mass is 10.2. The summed E-state index contributed by atoms with van der Waals surface area (Å²) in [5.74, 6) is 0.349. The summed E-state index contributed by atoms with van der Waals surface area (Å²) in [5, 5.41) is 0. The van der Waals surface area contributed by atoms with Gasteiger partial charge >= 0.3 is 0 Å². The molecule has 0 spiro atoms. The van der Waals surface area contributed by atoms with E-state index in [1.807, 2.05) is 0 Å². The van der Waals surface area contributed by atoms with Crippen molar-refractivity contribution in [3.05, 3.63) is 29.6 Å². The van der Waals surface area contributed by atoms with E-state index >= 15 is 0 Å². The van der Waals surface area contributed by atoms with E-state index in [1.165, 1.54) is 0 Å². The van der Waals surface area contributed by atoms with Crippen molar-refractivity contribution in [2.45, 2.75) is 5.88 Å². The minimum atomic E-state index is 0.349. The molecular formula is C7H6ClNO. The molecule has 1 rings (SSSR count). The average molecular weight is 156 g/mol. The highest BCUT2D eigenvalue weighted by atomic mass is 35.5. The van der Waals surface area contributed by atoms with Gasteiger partial charge in [-0.15, -0.1) is 11.6 Å². The van der Waals surface area contributed by atoms with Crippen molar-refractivity contribution < 1.29 is 4.79 Å². The lowest BCUT2D eigenvalue weighted by molar-refractivity contribution is 0.112. The molecule has 0 aliphatic rings. The van der Waals surface area contributed by atoms with Crippen LogP contribution in [0, 0.1) is 0 Å². The summed E-state index contributed by atoms with van der Waals surface area (Å²) < 4.78 is 0. The Bertz CT molecular complexity index is 237. The Labute approximate surface area is 63.8 Å². The zero-order valence-electron chi connectivity index (χ0n) is 5.25. The van der Waals surface area contributed by atoms with Crippen LogP contribution in [0.4, 0.5) is 0 Å². The Morgan fingerprint density at radius 3 is 3.10 bits per heavy atom. The molecule has 0 aliphatic carbocycles. The quantitative estimate of drug-likeness (QED) is 0.480. The average Bonchev–Trinajstić information content (AvgIpc) is 2.05. The van der Waals surface area contributed by atoms with Gasteiger partial charge in [-0.2, -0.15) is 0 Å². The first-order valence-electron chi connectivity index (χ1n) is 2.83. The van der Waals surface area contributed by atoms with Gasteiger partial charge in [0.05, 0.1) is 11.6 Å². The fourth-order valence-corrected chi connectivity index (χ4v) is 0.789. The lowest BCUT2D eigenvalue weighted by Crippen LogP contribution is -1.86. The monoisotopic (exact) mass is 155 g/mol. The van der Waals surface area contributed by atoms with E-state index in [-0.39, 0.29) is 0 Å². The van der Waals surface area contributed by atoms with Crippen LogP contribution < -0.4 is 0 Å². The molecule has 0 amide bonds. The molecule has 52 valence electrons. The maximum atomic E-state index is 10.2. The number of aldehydes is 1. The smallest absolute Gasteiger partial charge is 0.150 e. The second-order valence-electron chi connectivity index (χ2n) is 1.83. The Hall–Kier alpha value is -0.890. The van der Waals surface area contributed by atoms with Gasteiger partial charge in [-0.3, -0.25) is 9.78 Å². The van der Waals surface area contributed by atoms with Crippen LogP contribution in [-0.4, -0.2) is 11.3 Å². The van der Waals surface area contributed by atoms with Gasteiger partial charge in [-0.05, 0) is 12.1 Å². The molecular weight excluding hydrogens is 150 g/mol. The SMILES string of the molecule is O=Cc1ccnc(CCl)c1. The molecule has 0 aromatic carbocycles. The Morgan fingerprint density at radius 2 is 2.50 bits per heavy atom. The summed E-state index contributed by atoms with van der Waals surface area (Å²) in [6.07, 6.45) is 2.35. The zero-order chi connectivity index (χ0) is 7.40. The summed E-state index contributed by atoms with van der Waals surface area (Å²) in [6.45, 7) is 0. The summed E-state index contributed by atoms with van der Waals surface area (Å²) in [6, 6.07) is 3.31. The molecule has 1 heterocycles. The van der Waals surface area contributed by atoms with Crippen LogP contribution in [0.2, 0.25) is 0 Å². The van der Waals surface area contributed by atoms with Gasteiger partial charge in [0.1, 0.15) is 6.29 Å². The van der Waals surface area contributed by atoms with Gasteiger partial charge in [0.15, 0.2) is 0 Å². The van der Waals surface area contributed by atoms with Crippen molar-refractivity contribution in [1.82, 2.24) is 4.98 Å². The third kappa shape index (κ3) is 1.54. The van der Waals surface area contributed by atoms with E-state index in [2.05, 4.69) is 4.98 Å². The lowest BCUT2D eigenvalue weighted by Gasteiger charge is -1.92. The Balaban J connectivity index is 2.98. The Morgan fingerprint density at radius 1 is 1.70 bits per heavy atom. The number of halogens is 1. The molecule has 1 aromatic rings. The highest BCUT2D eigenvalue weighted by molar-refractivity contribution is 6.16. The van der Waals surface area contributed by atoms with Crippen molar-refractivity contribution in [1.29, 1.82) is 0 Å². The summed E-state index contributed by atoms with van der Waals surface area (Å²) in [4.78, 5) is 14.1. The zero-order valence-corrected chi connectivity index (χ0v) is 6.01. The molecule has 2 nitrogen and oxygen atoms in total. The topological polar surface area (TPSA) is 30.0 Å². The maximum absolute atomic E-state index is 10.2. The third-order valence-corrected chi connectivity index (χ3v) is 1.39. The predicted octanol–water partition coefficient (Wildman–Crippen LogP) is 1.63. The number of carbonyl (C=O) groups is 1. The minimum absolute atomic E-state index is 0.349. The molecule has 3 heteroatoms. The van der Waals surface area contributed by atoms with Crippen LogP contribution in [0.3, 0.4) is 0 Å². The highest BCUT2D eigenvalue weighted by Gasteiger charge is 1.92. The molecule has 0 N–H and O–H groups in total. The molecule has 1 aromatic heterocycles. The fourth-order valence-electron chi connectivity index (χ4n) is 0.643. The number of hydrogen-bond acceptors (Lipinski definition) is 2. The molecule has 10 heavy (non-hydrogen) atoms. The van der Waals surface area contributed by atoms with Gasteiger partial charge in [0.2, 0.25) is 0 Å². The second kappa shape index (κ2) is 3.32. The molecule has 0 fully saturated rings. The second-order valence-corrected chi connectivity index (χ2v) is 2.10. The molecule has 0 bridgehead atoms. The number of alkyl halides is 1. The molecule has 0 atom stereocenters. The van der Waals surface area contributed by atoms with Crippen LogP contribution in [0.15, 0.2) is 18.3 Å². The summed E-state index contributed by atoms with van der Waals surface area (Å²) in [5.41, 5.74) is 1.34. The molecule has 0 aliphatic heterocycles. The normalized spacial score (nSPS) is 9.30. The number of aromatic nitrogens is 1. The van der Waals surface area contributed by atoms with Gasteiger partial charge in [-0.1, -0.05) is 0 Å². The fraction of sp³-hybridized carbons (Fsp3) is 0.143. The van der Waals surface area contributed by atoms with E-state index in [9.17, 15) is 4.79 Å². The first-order chi connectivity index (χ1) is 4.86. The number of carbonyl (C=O) groups excluding carboxylic acids is 1. The van der Waals surface area contributed by atoms with Gasteiger partial charge < -0.3 is 0 Å². The van der Waals surface area contributed by atoms with E-state index in [0.717, 1.165) is 12.0 Å². The highest BCUT2D eigenvalue weighted by Crippen LogP contribution is 2.01. The van der Waals surface area contributed by atoms with Crippen LogP contribution in [0.1, 0.15) is 16.1 Å². The molecule has 0 unspecified atom stereocenters. The van der Waals surface area contributed by atoms with Gasteiger partial charge in [-0.25, -0.2) is 0 Å². The van der Waals surface area contributed by atoms with Crippen molar-refractivity contribution >= 4 is 17.9 Å². The van der Waals surface area contributed by atoms with Crippen LogP contribution >= 0.6 is 11.6 Å². The van der Waals surface area contributed by atoms with Gasteiger partial charge in [0.25, 0.3) is 0 Å². The van der Waals surface area contributed by atoms with E-state index in [4.69, 9.17) is 11.6 Å². The summed E-state index contributed by atoms with van der Waals surface area (Å²) in [7, 11) is 0. The van der Waals surface area contributed by atoms with E-state index in [0.29, 0.717) is 11.4 Å². The predicted molar refractivity (Wildman–Crippen MR) is 39.2 cm³/mol. The van der Waals surface area contributed by atoms with E-state index < -0.39 is 0 Å². The first kappa shape index (κ1) is 7.22. The van der Waals surface area contributed by atoms with Crippen LogP contribution in [0.5, 0.6) is 0 Å². The first-order valence-corrected chi connectivity index (χ1v) is 3.36. The minimum Gasteiger partial charge on any atom is -0.298 e. The number of nitrogens with zero attached hydrogens (tertiary/aromatic N) is 1. The maximum Gasteiger partial charge on any atom is 0.150 e. The van der Waals surface area contributed by atoms with E-state index in [1.54, 1.807) is 18.3 Å². The van der Waals surface area contributed by atoms with Crippen molar-refractivity contribution in [3.8, 4) is 0 Å². The third-order valence-electron chi connectivity index (χ3n) is 1.11. The standard InChI is InChI=1S/C7H6ClNO/c8-4-7-3-6(5-10)1-2-9-7/h1-3,5H,4H2. The number of pyridine rings is 1. The largest absolute Gasteiger partial charge is 0.298 e. The number of rotatable bonds is 2. The van der Waals surface area contributed by atoms with Crippen molar-refractivity contribution in [2.24, 2.45) is 0 Å². The Kier molecular flexibility index (Phi) is 2.40. The van der Waals surface area contributed by atoms with Gasteiger partial charge in [0, 0.05) is 11.8 Å². The molecule has 0 saturated heterocycles. The van der Waals surface area contributed by atoms with Crippen LogP contribution in [0.25, 0.3) is 0 Å². The van der Waals surface area contributed by atoms with Crippen molar-refractivity contribution in [3.63, 3.8) is 0 Å².